The van der Waals surface area contributed by atoms with Crippen LogP contribution in [0.3, 0.4) is 0 Å². The van der Waals surface area contributed by atoms with E-state index in [-0.39, 0.29) is 17.9 Å². The van der Waals surface area contributed by atoms with Crippen LogP contribution in [0.1, 0.15) is 10.4 Å². The zero-order chi connectivity index (χ0) is 23.7. The standard InChI is InChI=1S/C22H26O11/c23-8-11-7-14(31-20(29)10-1-3-12(25)4-2-10)13-5-6-30-21(16(11)13)33-22-19(28)18(27)17(26)15(9-24)32-22/h1-7,13-19,21-28H,8-9H2/t13-,14-,15-,16+,17-,18+,19+,21+,22-/m1/s1. The summed E-state index contributed by atoms with van der Waals surface area (Å²) in [6.45, 7) is -0.987. The Labute approximate surface area is 188 Å². The molecule has 1 saturated heterocycles. The first kappa shape index (κ1) is 23.6. The van der Waals surface area contributed by atoms with E-state index in [1.165, 1.54) is 30.5 Å². The summed E-state index contributed by atoms with van der Waals surface area (Å²) >= 11 is 0. The predicted molar refractivity (Wildman–Crippen MR) is 108 cm³/mol. The number of hydrogen-bond acceptors (Lipinski definition) is 11. The van der Waals surface area contributed by atoms with E-state index in [2.05, 4.69) is 0 Å². The Morgan fingerprint density at radius 3 is 2.39 bits per heavy atom. The fourth-order valence-corrected chi connectivity index (χ4v) is 4.26. The third-order valence-electron chi connectivity index (χ3n) is 6.05. The van der Waals surface area contributed by atoms with Gasteiger partial charge in [-0.25, -0.2) is 4.79 Å². The van der Waals surface area contributed by atoms with Crippen LogP contribution in [0.25, 0.3) is 0 Å². The van der Waals surface area contributed by atoms with Crippen molar-refractivity contribution in [3.05, 3.63) is 53.8 Å². The van der Waals surface area contributed by atoms with Gasteiger partial charge in [0.25, 0.3) is 0 Å². The molecule has 1 fully saturated rings. The number of phenols is 1. The molecule has 0 unspecified atom stereocenters. The monoisotopic (exact) mass is 466 g/mol. The van der Waals surface area contributed by atoms with E-state index in [1.807, 2.05) is 0 Å². The zero-order valence-corrected chi connectivity index (χ0v) is 17.4. The number of esters is 1. The number of hydrogen-bond donors (Lipinski definition) is 6. The number of carbonyl (C=O) groups excluding carboxylic acids is 1. The van der Waals surface area contributed by atoms with Crippen molar-refractivity contribution in [2.45, 2.75) is 43.1 Å². The van der Waals surface area contributed by atoms with Gasteiger partial charge in [-0.1, -0.05) is 0 Å². The van der Waals surface area contributed by atoms with Crippen LogP contribution in [0.15, 0.2) is 48.3 Å². The number of carbonyl (C=O) groups is 1. The van der Waals surface area contributed by atoms with Gasteiger partial charge in [-0.15, -0.1) is 0 Å². The third kappa shape index (κ3) is 4.62. The molecule has 0 saturated carbocycles. The van der Waals surface area contributed by atoms with Gasteiger partial charge in [-0.2, -0.15) is 0 Å². The van der Waals surface area contributed by atoms with Crippen LogP contribution in [-0.2, 0) is 18.9 Å². The molecule has 1 aromatic carbocycles. The van der Waals surface area contributed by atoms with E-state index >= 15 is 0 Å². The molecule has 1 aliphatic carbocycles. The quantitative estimate of drug-likeness (QED) is 0.219. The van der Waals surface area contributed by atoms with Crippen molar-refractivity contribution < 1.29 is 54.4 Å². The molecule has 11 nitrogen and oxygen atoms in total. The molecule has 33 heavy (non-hydrogen) atoms. The number of aliphatic hydroxyl groups is 5. The summed E-state index contributed by atoms with van der Waals surface area (Å²) in [7, 11) is 0. The van der Waals surface area contributed by atoms with E-state index in [0.29, 0.717) is 5.57 Å². The Morgan fingerprint density at radius 2 is 1.73 bits per heavy atom. The van der Waals surface area contributed by atoms with Gasteiger partial charge in [0.2, 0.25) is 6.29 Å². The van der Waals surface area contributed by atoms with E-state index in [0.717, 1.165) is 0 Å². The second-order valence-electron chi connectivity index (χ2n) is 8.09. The van der Waals surface area contributed by atoms with Crippen LogP contribution in [-0.4, -0.2) is 92.9 Å². The molecule has 2 heterocycles. The van der Waals surface area contributed by atoms with Gasteiger partial charge in [0.1, 0.15) is 36.3 Å². The van der Waals surface area contributed by atoms with Gasteiger partial charge < -0.3 is 49.6 Å². The Bertz CT molecular complexity index is 896. The fraction of sp³-hybridized carbons (Fsp3) is 0.500. The van der Waals surface area contributed by atoms with Crippen molar-refractivity contribution in [3.8, 4) is 5.75 Å². The van der Waals surface area contributed by atoms with Crippen LogP contribution in [0, 0.1) is 11.8 Å². The summed E-state index contributed by atoms with van der Waals surface area (Å²) in [6, 6.07) is 5.57. The number of rotatable bonds is 6. The molecular formula is C22H26O11. The Balaban J connectivity index is 1.49. The third-order valence-corrected chi connectivity index (χ3v) is 6.05. The minimum Gasteiger partial charge on any atom is -0.508 e. The van der Waals surface area contributed by atoms with Gasteiger partial charge in [-0.05, 0) is 42.0 Å². The second kappa shape index (κ2) is 9.77. The largest absolute Gasteiger partial charge is 0.508 e. The minimum atomic E-state index is -1.62. The molecule has 3 aliphatic rings. The van der Waals surface area contributed by atoms with E-state index < -0.39 is 67.5 Å². The van der Waals surface area contributed by atoms with Gasteiger partial charge in [0, 0.05) is 5.92 Å². The average Bonchev–Trinajstić information content (AvgIpc) is 3.18. The number of phenolic OH excluding ortho intramolecular Hbond substituents is 1. The lowest BCUT2D eigenvalue weighted by atomic mass is 9.88. The lowest BCUT2D eigenvalue weighted by Gasteiger charge is -2.42. The molecule has 4 rings (SSSR count). The smallest absolute Gasteiger partial charge is 0.338 e. The van der Waals surface area contributed by atoms with Gasteiger partial charge in [0.15, 0.2) is 6.29 Å². The predicted octanol–water partition coefficient (Wildman–Crippen LogP) is -1.23. The summed E-state index contributed by atoms with van der Waals surface area (Å²) in [5, 5.41) is 58.8. The number of aromatic hydroxyl groups is 1. The minimum absolute atomic E-state index is 0.00971. The highest BCUT2D eigenvalue weighted by Gasteiger charge is 2.50. The average molecular weight is 466 g/mol. The Morgan fingerprint density at radius 1 is 1.00 bits per heavy atom. The first-order chi connectivity index (χ1) is 15.8. The molecule has 0 bridgehead atoms. The molecule has 0 radical (unpaired) electrons. The molecule has 0 spiro atoms. The van der Waals surface area contributed by atoms with Gasteiger partial charge >= 0.3 is 5.97 Å². The molecule has 1 aromatic rings. The summed E-state index contributed by atoms with van der Waals surface area (Å²) < 4.78 is 22.3. The molecular weight excluding hydrogens is 440 g/mol. The number of aliphatic hydroxyl groups excluding tert-OH is 5. The van der Waals surface area contributed by atoms with E-state index in [9.17, 15) is 35.4 Å². The first-order valence-electron chi connectivity index (χ1n) is 10.4. The highest BCUT2D eigenvalue weighted by molar-refractivity contribution is 5.89. The summed E-state index contributed by atoms with van der Waals surface area (Å²) in [6.07, 6.45) is -4.61. The van der Waals surface area contributed by atoms with Crippen molar-refractivity contribution in [3.63, 3.8) is 0 Å². The first-order valence-corrected chi connectivity index (χ1v) is 10.4. The molecule has 9 atom stereocenters. The maximum Gasteiger partial charge on any atom is 0.338 e. The second-order valence-corrected chi connectivity index (χ2v) is 8.09. The van der Waals surface area contributed by atoms with Crippen LogP contribution in [0.5, 0.6) is 5.75 Å². The Kier molecular flexibility index (Phi) is 7.00. The van der Waals surface area contributed by atoms with Gasteiger partial charge in [0.05, 0.1) is 31.0 Å². The zero-order valence-electron chi connectivity index (χ0n) is 17.4. The summed E-state index contributed by atoms with van der Waals surface area (Å²) in [5.74, 6) is -1.68. The van der Waals surface area contributed by atoms with Crippen LogP contribution in [0.4, 0.5) is 0 Å². The molecule has 11 heteroatoms. The maximum absolute atomic E-state index is 12.5. The molecule has 0 aromatic heterocycles. The molecule has 0 amide bonds. The van der Waals surface area contributed by atoms with Gasteiger partial charge in [-0.3, -0.25) is 0 Å². The number of ether oxygens (including phenoxy) is 4. The fourth-order valence-electron chi connectivity index (χ4n) is 4.26. The number of benzene rings is 1. The van der Waals surface area contributed by atoms with Crippen molar-refractivity contribution in [1.82, 2.24) is 0 Å². The van der Waals surface area contributed by atoms with Crippen molar-refractivity contribution >= 4 is 5.97 Å². The summed E-state index contributed by atoms with van der Waals surface area (Å²) in [5.41, 5.74) is 0.711. The van der Waals surface area contributed by atoms with E-state index in [4.69, 9.17) is 18.9 Å². The highest BCUT2D eigenvalue weighted by Crippen LogP contribution is 2.42. The van der Waals surface area contributed by atoms with Crippen molar-refractivity contribution in [1.29, 1.82) is 0 Å². The molecule has 180 valence electrons. The Hall–Kier alpha value is -2.51. The molecule has 2 aliphatic heterocycles. The lowest BCUT2D eigenvalue weighted by Crippen LogP contribution is -2.60. The lowest BCUT2D eigenvalue weighted by molar-refractivity contribution is -0.339. The SMILES string of the molecule is O=C(O[C@@H]1C=C(CO)[C@@H]2[C@H](O[C@H]3O[C@H](CO)[C@@H](O)[C@H](O)[C@@H]3O)OC=C[C@@H]21)c1ccc(O)cc1. The maximum atomic E-state index is 12.5. The van der Waals surface area contributed by atoms with Crippen LogP contribution >= 0.6 is 0 Å². The number of fused-ring (bicyclic) bond motifs is 1. The van der Waals surface area contributed by atoms with Crippen molar-refractivity contribution in [2.24, 2.45) is 11.8 Å². The molecule has 6 N–H and O–H groups in total. The summed E-state index contributed by atoms with van der Waals surface area (Å²) in [4.78, 5) is 12.5. The van der Waals surface area contributed by atoms with Crippen molar-refractivity contribution in [2.75, 3.05) is 13.2 Å². The van der Waals surface area contributed by atoms with E-state index in [1.54, 1.807) is 12.2 Å². The van der Waals surface area contributed by atoms with Crippen LogP contribution in [0.2, 0.25) is 0 Å². The topological polar surface area (TPSA) is 175 Å². The normalized spacial score (nSPS) is 37.7. The highest BCUT2D eigenvalue weighted by atomic mass is 16.8. The van der Waals surface area contributed by atoms with Crippen LogP contribution < -0.4 is 0 Å².